The molecule has 14 heavy (non-hydrogen) atoms. The van der Waals surface area contributed by atoms with Gasteiger partial charge in [0.25, 0.3) is 0 Å². The van der Waals surface area contributed by atoms with Crippen LogP contribution < -0.4 is 5.73 Å². The first kappa shape index (κ1) is 10.7. The third-order valence-electron chi connectivity index (χ3n) is 2.28. The van der Waals surface area contributed by atoms with Crippen LogP contribution in [0, 0.1) is 11.3 Å². The average molecular weight is 192 g/mol. The third kappa shape index (κ3) is 2.57. The molecule has 76 valence electrons. The fourth-order valence-electron chi connectivity index (χ4n) is 1.18. The van der Waals surface area contributed by atoms with Crippen molar-refractivity contribution in [1.29, 1.82) is 5.26 Å². The van der Waals surface area contributed by atoms with Gasteiger partial charge < -0.3 is 10.3 Å². The van der Waals surface area contributed by atoms with Crippen LogP contribution in [0.4, 0.5) is 0 Å². The summed E-state index contributed by atoms with van der Waals surface area (Å²) in [5.74, 6) is 0. The predicted octanol–water partition coefficient (Wildman–Crippen LogP) is 1.25. The van der Waals surface area contributed by atoms with Gasteiger partial charge in [-0.05, 0) is 13.3 Å². The average Bonchev–Trinajstić information content (AvgIpc) is 2.65. The molecule has 0 fully saturated rings. The van der Waals surface area contributed by atoms with Crippen LogP contribution in [0.25, 0.3) is 0 Å². The van der Waals surface area contributed by atoms with Crippen molar-refractivity contribution < 1.29 is 0 Å². The van der Waals surface area contributed by atoms with Crippen LogP contribution in [0.2, 0.25) is 0 Å². The Bertz CT molecular complexity index is 323. The number of rotatable bonds is 4. The van der Waals surface area contributed by atoms with Gasteiger partial charge in [-0.1, -0.05) is 6.92 Å². The number of nitrogens with zero attached hydrogens (tertiary/aromatic N) is 3. The molecule has 0 aliphatic rings. The van der Waals surface area contributed by atoms with Crippen LogP contribution in [0.5, 0.6) is 0 Å². The van der Waals surface area contributed by atoms with Crippen molar-refractivity contribution in [2.24, 2.45) is 5.73 Å². The molecule has 0 aromatic carbocycles. The molecule has 1 aromatic rings. The number of nitriles is 1. The Kier molecular flexibility index (Phi) is 3.66. The van der Waals surface area contributed by atoms with Crippen molar-refractivity contribution in [2.75, 3.05) is 0 Å². The minimum Gasteiger partial charge on any atom is -0.327 e. The number of imidazole rings is 1. The second-order valence-electron chi connectivity index (χ2n) is 3.49. The van der Waals surface area contributed by atoms with Gasteiger partial charge in [-0.15, -0.1) is 0 Å². The molecule has 1 heterocycles. The molecule has 0 spiro atoms. The van der Waals surface area contributed by atoms with Gasteiger partial charge in [-0.2, -0.15) is 5.26 Å². The molecule has 0 aliphatic heterocycles. The van der Waals surface area contributed by atoms with Crippen molar-refractivity contribution in [2.45, 2.75) is 38.8 Å². The van der Waals surface area contributed by atoms with E-state index in [-0.39, 0.29) is 12.1 Å². The Balaban J connectivity index is 2.65. The van der Waals surface area contributed by atoms with Crippen LogP contribution in [-0.4, -0.2) is 15.6 Å². The molecule has 2 N–H and O–H groups in total. The molecule has 0 aliphatic carbocycles. The summed E-state index contributed by atoms with van der Waals surface area (Å²) in [7, 11) is 0. The van der Waals surface area contributed by atoms with Gasteiger partial charge in [0.1, 0.15) is 6.04 Å². The molecule has 0 amide bonds. The SMILES string of the molecule is CCC(N)Cc1cn(C(C)C#N)cn1. The molecule has 0 saturated carbocycles. The Morgan fingerprint density at radius 1 is 1.71 bits per heavy atom. The third-order valence-corrected chi connectivity index (χ3v) is 2.28. The van der Waals surface area contributed by atoms with Crippen LogP contribution in [0.15, 0.2) is 12.5 Å². The summed E-state index contributed by atoms with van der Waals surface area (Å²) in [4.78, 5) is 4.20. The van der Waals surface area contributed by atoms with Crippen LogP contribution in [-0.2, 0) is 6.42 Å². The fourth-order valence-corrected chi connectivity index (χ4v) is 1.18. The lowest BCUT2D eigenvalue weighted by Gasteiger charge is -2.05. The van der Waals surface area contributed by atoms with Gasteiger partial charge in [-0.3, -0.25) is 0 Å². The van der Waals surface area contributed by atoms with E-state index in [4.69, 9.17) is 11.0 Å². The summed E-state index contributed by atoms with van der Waals surface area (Å²) in [6, 6.07) is 2.16. The van der Waals surface area contributed by atoms with Gasteiger partial charge in [0.05, 0.1) is 18.1 Å². The first-order valence-electron chi connectivity index (χ1n) is 4.85. The van der Waals surface area contributed by atoms with E-state index in [2.05, 4.69) is 18.0 Å². The quantitative estimate of drug-likeness (QED) is 0.780. The zero-order valence-corrected chi connectivity index (χ0v) is 8.64. The highest BCUT2D eigenvalue weighted by atomic mass is 15.1. The smallest absolute Gasteiger partial charge is 0.119 e. The molecule has 1 rings (SSSR count). The van der Waals surface area contributed by atoms with Crippen LogP contribution in [0.1, 0.15) is 32.0 Å². The molecular weight excluding hydrogens is 176 g/mol. The molecule has 2 atom stereocenters. The highest BCUT2D eigenvalue weighted by molar-refractivity contribution is 5.02. The maximum atomic E-state index is 8.70. The normalized spacial score (nSPS) is 14.7. The molecule has 0 saturated heterocycles. The molecule has 4 heteroatoms. The van der Waals surface area contributed by atoms with Gasteiger partial charge in [0.15, 0.2) is 0 Å². The largest absolute Gasteiger partial charge is 0.327 e. The molecule has 4 nitrogen and oxygen atoms in total. The fraction of sp³-hybridized carbons (Fsp3) is 0.600. The van der Waals surface area contributed by atoms with Crippen molar-refractivity contribution in [3.8, 4) is 6.07 Å². The van der Waals surface area contributed by atoms with E-state index in [1.165, 1.54) is 0 Å². The predicted molar refractivity (Wildman–Crippen MR) is 54.5 cm³/mol. The number of aromatic nitrogens is 2. The minimum atomic E-state index is -0.158. The Morgan fingerprint density at radius 2 is 2.43 bits per heavy atom. The lowest BCUT2D eigenvalue weighted by molar-refractivity contribution is 0.635. The maximum absolute atomic E-state index is 8.70. The topological polar surface area (TPSA) is 67.6 Å². The van der Waals surface area contributed by atoms with Gasteiger partial charge in [-0.25, -0.2) is 4.98 Å². The summed E-state index contributed by atoms with van der Waals surface area (Å²) in [5.41, 5.74) is 6.77. The monoisotopic (exact) mass is 192 g/mol. The minimum absolute atomic E-state index is 0.158. The van der Waals surface area contributed by atoms with Gasteiger partial charge in [0, 0.05) is 18.7 Å². The van der Waals surface area contributed by atoms with Crippen LogP contribution >= 0.6 is 0 Å². The standard InChI is InChI=1S/C10H16N4/c1-3-9(12)4-10-6-14(7-13-10)8(2)5-11/h6-9H,3-4,12H2,1-2H3. The maximum Gasteiger partial charge on any atom is 0.119 e. The lowest BCUT2D eigenvalue weighted by Crippen LogP contribution is -2.21. The van der Waals surface area contributed by atoms with Crippen molar-refractivity contribution in [3.05, 3.63) is 18.2 Å². The Morgan fingerprint density at radius 3 is 3.00 bits per heavy atom. The van der Waals surface area contributed by atoms with Gasteiger partial charge in [0.2, 0.25) is 0 Å². The zero-order chi connectivity index (χ0) is 10.6. The second kappa shape index (κ2) is 4.77. The number of nitrogens with two attached hydrogens (primary N) is 1. The molecule has 0 bridgehead atoms. The molecule has 1 aromatic heterocycles. The first-order chi connectivity index (χ1) is 6.67. The summed E-state index contributed by atoms with van der Waals surface area (Å²) in [6.07, 6.45) is 5.30. The number of hydrogen-bond acceptors (Lipinski definition) is 3. The van der Waals surface area contributed by atoms with E-state index in [0.717, 1.165) is 18.5 Å². The summed E-state index contributed by atoms with van der Waals surface area (Å²) < 4.78 is 1.80. The number of hydrogen-bond donors (Lipinski definition) is 1. The first-order valence-corrected chi connectivity index (χ1v) is 4.85. The Labute approximate surface area is 84.4 Å². The summed E-state index contributed by atoms with van der Waals surface area (Å²) >= 11 is 0. The van der Waals surface area contributed by atoms with Gasteiger partial charge >= 0.3 is 0 Å². The Hall–Kier alpha value is -1.34. The second-order valence-corrected chi connectivity index (χ2v) is 3.49. The van der Waals surface area contributed by atoms with Crippen molar-refractivity contribution in [1.82, 2.24) is 9.55 Å². The van der Waals surface area contributed by atoms with E-state index in [1.54, 1.807) is 10.9 Å². The van der Waals surface area contributed by atoms with E-state index in [0.29, 0.717) is 0 Å². The highest BCUT2D eigenvalue weighted by Gasteiger charge is 2.07. The van der Waals surface area contributed by atoms with Crippen molar-refractivity contribution >= 4 is 0 Å². The van der Waals surface area contributed by atoms with Crippen molar-refractivity contribution in [3.63, 3.8) is 0 Å². The summed E-state index contributed by atoms with van der Waals surface area (Å²) in [6.45, 7) is 3.89. The summed E-state index contributed by atoms with van der Waals surface area (Å²) in [5, 5.41) is 8.70. The van der Waals surface area contributed by atoms with Crippen LogP contribution in [0.3, 0.4) is 0 Å². The molecular formula is C10H16N4. The molecule has 2 unspecified atom stereocenters. The highest BCUT2D eigenvalue weighted by Crippen LogP contribution is 2.07. The van der Waals surface area contributed by atoms with E-state index < -0.39 is 0 Å². The molecule has 0 radical (unpaired) electrons. The zero-order valence-electron chi connectivity index (χ0n) is 8.64. The van der Waals surface area contributed by atoms with E-state index in [1.807, 2.05) is 13.1 Å². The lowest BCUT2D eigenvalue weighted by atomic mass is 10.1. The van der Waals surface area contributed by atoms with E-state index >= 15 is 0 Å². The van der Waals surface area contributed by atoms with E-state index in [9.17, 15) is 0 Å².